The molecule has 0 nitrogen and oxygen atoms in total. The van der Waals surface area contributed by atoms with Crippen LogP contribution < -0.4 is 0 Å². The molecule has 0 atom stereocenters. The molecule has 13 aromatic carbocycles. The maximum Gasteiger partial charge on any atom is -0.00206 e. The van der Waals surface area contributed by atoms with E-state index in [1.165, 1.54) is 131 Å². The van der Waals surface area contributed by atoms with E-state index in [0.29, 0.717) is 0 Å². The third-order valence-corrected chi connectivity index (χ3v) is 13.4. The zero-order valence-corrected chi connectivity index (χ0v) is 33.9. The quantitative estimate of drug-likeness (QED) is 0.147. The molecule has 0 heterocycles. The number of rotatable bonds is 6. The molecule has 0 heteroatoms. The van der Waals surface area contributed by atoms with E-state index in [0.717, 1.165) is 0 Å². The fourth-order valence-electron chi connectivity index (χ4n) is 10.4. The Labute approximate surface area is 360 Å². The molecule has 286 valence electrons. The van der Waals surface area contributed by atoms with Crippen LogP contribution in [0.1, 0.15) is 0 Å². The standard InChI is InChI=1S/C62H38/c1-2-8-40(9-3-1)51-14-4-5-15-55(51)58-38-50(39-16-18-41(19-17-39)52-33-28-48-26-24-44-10-6-12-46-30-36-56(52)61(48)59(44)46)32-35-54(58)43-22-20-42(21-23-43)53-34-29-49-27-25-45-11-7-13-47-31-37-57(53)62(49)60(45)47/h1-38H. The van der Waals surface area contributed by atoms with Crippen LogP contribution in [-0.2, 0) is 0 Å². The lowest BCUT2D eigenvalue weighted by molar-refractivity contribution is 1.55. The van der Waals surface area contributed by atoms with Gasteiger partial charge in [0.2, 0.25) is 0 Å². The van der Waals surface area contributed by atoms with Crippen molar-refractivity contribution in [2.24, 2.45) is 0 Å². The highest BCUT2D eigenvalue weighted by Crippen LogP contribution is 2.44. The first-order valence-electron chi connectivity index (χ1n) is 21.6. The Morgan fingerprint density at radius 1 is 0.161 bits per heavy atom. The van der Waals surface area contributed by atoms with Crippen LogP contribution in [0.5, 0.6) is 0 Å². The fourth-order valence-corrected chi connectivity index (χ4v) is 10.4. The molecule has 13 aromatic rings. The van der Waals surface area contributed by atoms with E-state index in [2.05, 4.69) is 231 Å². The van der Waals surface area contributed by atoms with Crippen LogP contribution >= 0.6 is 0 Å². The summed E-state index contributed by atoms with van der Waals surface area (Å²) in [6.07, 6.45) is 0. The van der Waals surface area contributed by atoms with Gasteiger partial charge in [-0.2, -0.15) is 0 Å². The van der Waals surface area contributed by atoms with E-state index in [9.17, 15) is 0 Å². The van der Waals surface area contributed by atoms with Crippen molar-refractivity contribution in [3.63, 3.8) is 0 Å². The van der Waals surface area contributed by atoms with Gasteiger partial charge >= 0.3 is 0 Å². The minimum absolute atomic E-state index is 1.19. The van der Waals surface area contributed by atoms with Crippen LogP contribution in [0.4, 0.5) is 0 Å². The third kappa shape index (κ3) is 5.40. The Morgan fingerprint density at radius 3 is 1.05 bits per heavy atom. The second-order valence-corrected chi connectivity index (χ2v) is 16.8. The molecule has 0 aliphatic heterocycles. The first-order valence-corrected chi connectivity index (χ1v) is 21.6. The second-order valence-electron chi connectivity index (χ2n) is 16.8. The van der Waals surface area contributed by atoms with Gasteiger partial charge in [0.15, 0.2) is 0 Å². The summed E-state index contributed by atoms with van der Waals surface area (Å²) in [5.74, 6) is 0. The van der Waals surface area contributed by atoms with Crippen molar-refractivity contribution < 1.29 is 0 Å². The van der Waals surface area contributed by atoms with Crippen molar-refractivity contribution >= 4 is 64.6 Å². The van der Waals surface area contributed by atoms with Gasteiger partial charge in [-0.15, -0.1) is 0 Å². The van der Waals surface area contributed by atoms with E-state index in [1.807, 2.05) is 0 Å². The molecule has 62 heavy (non-hydrogen) atoms. The van der Waals surface area contributed by atoms with Gasteiger partial charge in [0.1, 0.15) is 0 Å². The molecule has 13 rings (SSSR count). The Hall–Kier alpha value is -8.06. The van der Waals surface area contributed by atoms with Gasteiger partial charge in [0.25, 0.3) is 0 Å². The summed E-state index contributed by atoms with van der Waals surface area (Å²) in [4.78, 5) is 0. The molecule has 0 fully saturated rings. The van der Waals surface area contributed by atoms with Crippen molar-refractivity contribution in [2.45, 2.75) is 0 Å². The van der Waals surface area contributed by atoms with E-state index < -0.39 is 0 Å². The van der Waals surface area contributed by atoms with Gasteiger partial charge in [-0.05, 0) is 137 Å². The van der Waals surface area contributed by atoms with Gasteiger partial charge in [-0.25, -0.2) is 0 Å². The normalized spacial score (nSPS) is 11.9. The minimum Gasteiger partial charge on any atom is -0.0622 e. The molecule has 0 saturated heterocycles. The Bertz CT molecular complexity index is 3790. The molecular weight excluding hydrogens is 745 g/mol. The van der Waals surface area contributed by atoms with Crippen LogP contribution in [0.2, 0.25) is 0 Å². The van der Waals surface area contributed by atoms with E-state index in [-0.39, 0.29) is 0 Å². The molecule has 0 spiro atoms. The largest absolute Gasteiger partial charge is 0.0622 e. The topological polar surface area (TPSA) is 0 Å². The van der Waals surface area contributed by atoms with Gasteiger partial charge in [0.05, 0.1) is 0 Å². The monoisotopic (exact) mass is 782 g/mol. The number of hydrogen-bond acceptors (Lipinski definition) is 0. The number of hydrogen-bond donors (Lipinski definition) is 0. The summed E-state index contributed by atoms with van der Waals surface area (Å²) in [5.41, 5.74) is 14.6. The zero-order valence-electron chi connectivity index (χ0n) is 33.9. The van der Waals surface area contributed by atoms with Crippen molar-refractivity contribution in [3.05, 3.63) is 231 Å². The average Bonchev–Trinajstić information content (AvgIpc) is 3.35. The lowest BCUT2D eigenvalue weighted by Crippen LogP contribution is -1.91. The molecule has 0 saturated carbocycles. The maximum absolute atomic E-state index is 2.40. The van der Waals surface area contributed by atoms with E-state index in [4.69, 9.17) is 0 Å². The fraction of sp³-hybridized carbons (Fsp3) is 0. The zero-order chi connectivity index (χ0) is 40.7. The Morgan fingerprint density at radius 2 is 0.516 bits per heavy atom. The van der Waals surface area contributed by atoms with E-state index >= 15 is 0 Å². The van der Waals surface area contributed by atoms with Crippen LogP contribution in [0.15, 0.2) is 231 Å². The first kappa shape index (κ1) is 34.8. The molecule has 0 aliphatic carbocycles. The van der Waals surface area contributed by atoms with Crippen molar-refractivity contribution in [1.82, 2.24) is 0 Å². The van der Waals surface area contributed by atoms with Crippen LogP contribution in [0.3, 0.4) is 0 Å². The van der Waals surface area contributed by atoms with Crippen LogP contribution in [0, 0.1) is 0 Å². The van der Waals surface area contributed by atoms with Crippen LogP contribution in [-0.4, -0.2) is 0 Å². The molecule has 0 unspecified atom stereocenters. The lowest BCUT2D eigenvalue weighted by atomic mass is 9.86. The molecule has 0 bridgehead atoms. The smallest absolute Gasteiger partial charge is 0.00206 e. The van der Waals surface area contributed by atoms with Crippen molar-refractivity contribution in [1.29, 1.82) is 0 Å². The van der Waals surface area contributed by atoms with Gasteiger partial charge < -0.3 is 0 Å². The SMILES string of the molecule is c1ccc(-c2ccccc2-c2cc(-c3ccc(-c4ccc5ccc6cccc7ccc4c5c67)cc3)ccc2-c2ccc(-c3ccc4ccc5cccc6ccc3c4c56)cc2)cc1. The Kier molecular flexibility index (Phi) is 7.71. The summed E-state index contributed by atoms with van der Waals surface area (Å²) >= 11 is 0. The third-order valence-electron chi connectivity index (χ3n) is 13.4. The molecule has 0 radical (unpaired) electrons. The summed E-state index contributed by atoms with van der Waals surface area (Å²) in [5, 5.41) is 15.7. The highest BCUT2D eigenvalue weighted by Gasteiger charge is 2.17. The highest BCUT2D eigenvalue weighted by molar-refractivity contribution is 6.26. The number of benzene rings is 13. The molecule has 0 aliphatic rings. The van der Waals surface area contributed by atoms with Gasteiger partial charge in [0, 0.05) is 0 Å². The highest BCUT2D eigenvalue weighted by atomic mass is 14.2. The predicted octanol–water partition coefficient (Wildman–Crippen LogP) is 17.5. The summed E-state index contributed by atoms with van der Waals surface area (Å²) in [6, 6.07) is 85.6. The summed E-state index contributed by atoms with van der Waals surface area (Å²) in [7, 11) is 0. The van der Waals surface area contributed by atoms with Crippen molar-refractivity contribution in [2.75, 3.05) is 0 Å². The summed E-state index contributed by atoms with van der Waals surface area (Å²) in [6.45, 7) is 0. The minimum atomic E-state index is 1.19. The maximum atomic E-state index is 2.40. The lowest BCUT2D eigenvalue weighted by Gasteiger charge is -2.18. The average molecular weight is 783 g/mol. The van der Waals surface area contributed by atoms with Crippen molar-refractivity contribution in [3.8, 4) is 66.8 Å². The summed E-state index contributed by atoms with van der Waals surface area (Å²) < 4.78 is 0. The van der Waals surface area contributed by atoms with Crippen LogP contribution in [0.25, 0.3) is 131 Å². The second kappa shape index (κ2) is 13.7. The predicted molar refractivity (Wildman–Crippen MR) is 266 cm³/mol. The first-order chi connectivity index (χ1) is 30.7. The molecular formula is C62H38. The molecule has 0 amide bonds. The van der Waals surface area contributed by atoms with Gasteiger partial charge in [-0.1, -0.05) is 224 Å². The molecule has 0 aromatic heterocycles. The van der Waals surface area contributed by atoms with E-state index in [1.54, 1.807) is 0 Å². The Balaban J connectivity index is 0.921. The van der Waals surface area contributed by atoms with Gasteiger partial charge in [-0.3, -0.25) is 0 Å². The molecule has 0 N–H and O–H groups in total.